The lowest BCUT2D eigenvalue weighted by molar-refractivity contribution is -0.147. The van der Waals surface area contributed by atoms with Gasteiger partial charge in [0.05, 0.1) is 17.4 Å². The Morgan fingerprint density at radius 1 is 1.10 bits per heavy atom. The quantitative estimate of drug-likeness (QED) is 0.437. The van der Waals surface area contributed by atoms with E-state index in [0.717, 1.165) is 0 Å². The van der Waals surface area contributed by atoms with Gasteiger partial charge in [-0.05, 0) is 35.9 Å². The first-order chi connectivity index (χ1) is 14.0. The van der Waals surface area contributed by atoms with E-state index in [1.807, 2.05) is 0 Å². The lowest BCUT2D eigenvalue weighted by Gasteiger charge is -2.17. The summed E-state index contributed by atoms with van der Waals surface area (Å²) >= 11 is 5.83. The Morgan fingerprint density at radius 2 is 1.77 bits per heavy atom. The number of hydrogen-bond donors (Lipinski definition) is 4. The molecule has 2 aromatic rings. The fourth-order valence-corrected chi connectivity index (χ4v) is 3.12. The van der Waals surface area contributed by atoms with E-state index in [9.17, 15) is 22.8 Å². The summed E-state index contributed by atoms with van der Waals surface area (Å²) in [6.45, 7) is -0.623. The normalized spacial score (nSPS) is 11.9. The summed E-state index contributed by atoms with van der Waals surface area (Å²) in [4.78, 5) is 35.1. The van der Waals surface area contributed by atoms with Crippen LogP contribution in [0.2, 0.25) is 5.02 Å². The summed E-state index contributed by atoms with van der Waals surface area (Å²) in [5.41, 5.74) is 5.88. The highest BCUT2D eigenvalue weighted by Crippen LogP contribution is 2.20. The van der Waals surface area contributed by atoms with E-state index < -0.39 is 40.6 Å². The summed E-state index contributed by atoms with van der Waals surface area (Å²) in [5, 5.41) is 10.3. The van der Waals surface area contributed by atoms with Crippen molar-refractivity contribution < 1.29 is 27.5 Å². The van der Waals surface area contributed by atoms with Crippen LogP contribution in [-0.4, -0.2) is 32.9 Å². The van der Waals surface area contributed by atoms with Crippen molar-refractivity contribution in [2.45, 2.75) is 17.4 Å². The van der Waals surface area contributed by atoms with Gasteiger partial charge in [-0.15, -0.1) is 0 Å². The van der Waals surface area contributed by atoms with Crippen LogP contribution in [0.5, 0.6) is 0 Å². The Labute approximate surface area is 177 Å². The van der Waals surface area contributed by atoms with Crippen LogP contribution in [0.15, 0.2) is 53.4 Å². The summed E-state index contributed by atoms with van der Waals surface area (Å²) < 4.78 is 27.6. The molecule has 2 aromatic carbocycles. The molecule has 0 aliphatic heterocycles. The Bertz CT molecular complexity index is 1040. The molecule has 0 spiro atoms. The van der Waals surface area contributed by atoms with Crippen LogP contribution >= 0.6 is 11.6 Å². The van der Waals surface area contributed by atoms with Gasteiger partial charge in [-0.2, -0.15) is 0 Å². The zero-order chi connectivity index (χ0) is 22.3. The second-order valence-corrected chi connectivity index (χ2v) is 8.10. The van der Waals surface area contributed by atoms with Crippen LogP contribution in [0.1, 0.15) is 18.0 Å². The molecule has 10 nitrogen and oxygen atoms in total. The van der Waals surface area contributed by atoms with Crippen LogP contribution in [-0.2, 0) is 24.3 Å². The number of halogens is 1. The van der Waals surface area contributed by atoms with Gasteiger partial charge in [-0.3, -0.25) is 9.59 Å². The van der Waals surface area contributed by atoms with Crippen LogP contribution in [0.4, 0.5) is 10.5 Å². The first-order valence-corrected chi connectivity index (χ1v) is 10.4. The number of carbonyl (C=O) groups is 3. The van der Waals surface area contributed by atoms with Gasteiger partial charge in [0.15, 0.2) is 6.61 Å². The number of ether oxygens (including phenoxy) is 1. The van der Waals surface area contributed by atoms with Gasteiger partial charge >= 0.3 is 12.0 Å². The van der Waals surface area contributed by atoms with E-state index in [-0.39, 0.29) is 17.0 Å². The maximum absolute atomic E-state index is 12.1. The number of esters is 1. The van der Waals surface area contributed by atoms with Gasteiger partial charge in [0, 0.05) is 10.7 Å². The minimum atomic E-state index is -3.93. The first-order valence-electron chi connectivity index (χ1n) is 8.44. The van der Waals surface area contributed by atoms with Crippen LogP contribution in [0.3, 0.4) is 0 Å². The molecule has 30 heavy (non-hydrogen) atoms. The molecule has 0 saturated heterocycles. The van der Waals surface area contributed by atoms with Gasteiger partial charge in [0.2, 0.25) is 10.0 Å². The average Bonchev–Trinajstić information content (AvgIpc) is 2.66. The Hall–Kier alpha value is -3.15. The average molecular weight is 455 g/mol. The number of primary sulfonamides is 1. The molecule has 0 aliphatic rings. The third kappa shape index (κ3) is 7.35. The molecule has 0 saturated carbocycles. The number of urea groups is 1. The molecule has 6 N–H and O–H groups in total. The molecule has 12 heteroatoms. The third-order valence-corrected chi connectivity index (χ3v) is 4.93. The topological polar surface area (TPSA) is 171 Å². The fraction of sp³-hybridized carbons (Fsp3) is 0.167. The molecular weight excluding hydrogens is 436 g/mol. The predicted molar refractivity (Wildman–Crippen MR) is 109 cm³/mol. The highest BCUT2D eigenvalue weighted by molar-refractivity contribution is 7.89. The third-order valence-electron chi connectivity index (χ3n) is 3.77. The molecule has 160 valence electrons. The summed E-state index contributed by atoms with van der Waals surface area (Å²) in [6, 6.07) is 10.1. The lowest BCUT2D eigenvalue weighted by atomic mass is 10.0. The van der Waals surface area contributed by atoms with Crippen LogP contribution in [0.25, 0.3) is 0 Å². The zero-order valence-electron chi connectivity index (χ0n) is 15.5. The molecule has 0 aliphatic carbocycles. The maximum Gasteiger partial charge on any atom is 0.312 e. The Balaban J connectivity index is 1.94. The molecule has 0 bridgehead atoms. The van der Waals surface area contributed by atoms with E-state index in [1.54, 1.807) is 24.3 Å². The number of anilines is 1. The molecule has 2 rings (SSSR count). The van der Waals surface area contributed by atoms with E-state index in [2.05, 4.69) is 10.6 Å². The zero-order valence-corrected chi connectivity index (χ0v) is 17.1. The van der Waals surface area contributed by atoms with Gasteiger partial charge in [-0.1, -0.05) is 29.8 Å². The molecule has 0 heterocycles. The Morgan fingerprint density at radius 3 is 2.37 bits per heavy atom. The number of sulfonamides is 1. The highest BCUT2D eigenvalue weighted by atomic mass is 35.5. The van der Waals surface area contributed by atoms with E-state index in [4.69, 9.17) is 27.2 Å². The molecule has 0 aromatic heterocycles. The number of carbonyl (C=O) groups excluding carboxylic acids is 3. The SMILES string of the molecule is NC(=O)N[C@@H](CC(=O)OCC(=O)Nc1cccc(S(N)(=O)=O)c1)c1ccc(Cl)cc1. The van der Waals surface area contributed by atoms with Crippen molar-refractivity contribution in [3.05, 3.63) is 59.1 Å². The predicted octanol–water partition coefficient (Wildman–Crippen LogP) is 1.27. The van der Waals surface area contributed by atoms with Crippen molar-refractivity contribution in [1.29, 1.82) is 0 Å². The molecular formula is C18H19ClN4O6S. The molecule has 0 fully saturated rings. The summed E-state index contributed by atoms with van der Waals surface area (Å²) in [6.07, 6.45) is -0.279. The number of amides is 3. The molecule has 0 unspecified atom stereocenters. The standard InChI is InChI=1S/C18H19ClN4O6S/c19-12-6-4-11(5-7-12)15(23-18(20)26)9-17(25)29-10-16(24)22-13-2-1-3-14(8-13)30(21,27)28/h1-8,15H,9-10H2,(H,22,24)(H3,20,23,26)(H2,21,27,28)/t15-/m0/s1. The highest BCUT2D eigenvalue weighted by Gasteiger charge is 2.19. The smallest absolute Gasteiger partial charge is 0.312 e. The summed E-state index contributed by atoms with van der Waals surface area (Å²) in [5.74, 6) is -1.46. The second-order valence-electron chi connectivity index (χ2n) is 6.10. The number of nitrogens with one attached hydrogen (secondary N) is 2. The number of primary amides is 1. The first kappa shape index (κ1) is 23.1. The van der Waals surface area contributed by atoms with Gasteiger partial charge in [0.25, 0.3) is 5.91 Å². The van der Waals surface area contributed by atoms with Crippen molar-refractivity contribution >= 4 is 45.2 Å². The molecule has 3 amide bonds. The van der Waals surface area contributed by atoms with Gasteiger partial charge < -0.3 is 21.1 Å². The number of nitrogens with two attached hydrogens (primary N) is 2. The van der Waals surface area contributed by atoms with Crippen molar-refractivity contribution in [3.8, 4) is 0 Å². The lowest BCUT2D eigenvalue weighted by Crippen LogP contribution is -2.35. The fourth-order valence-electron chi connectivity index (χ4n) is 2.44. The van der Waals surface area contributed by atoms with Crippen LogP contribution in [0, 0.1) is 0 Å². The van der Waals surface area contributed by atoms with Crippen molar-refractivity contribution in [2.75, 3.05) is 11.9 Å². The molecule has 1 atom stereocenters. The van der Waals surface area contributed by atoms with E-state index in [1.165, 1.54) is 24.3 Å². The monoisotopic (exact) mass is 454 g/mol. The number of benzene rings is 2. The molecule has 0 radical (unpaired) electrons. The number of rotatable bonds is 8. The van der Waals surface area contributed by atoms with Gasteiger partial charge in [0.1, 0.15) is 0 Å². The van der Waals surface area contributed by atoms with Crippen LogP contribution < -0.4 is 21.5 Å². The van der Waals surface area contributed by atoms with Gasteiger partial charge in [-0.25, -0.2) is 18.4 Å². The second kappa shape index (κ2) is 10.1. The van der Waals surface area contributed by atoms with E-state index >= 15 is 0 Å². The van der Waals surface area contributed by atoms with Crippen molar-refractivity contribution in [2.24, 2.45) is 10.9 Å². The Kier molecular flexibility index (Phi) is 7.75. The van der Waals surface area contributed by atoms with Crippen molar-refractivity contribution in [3.63, 3.8) is 0 Å². The minimum absolute atomic E-state index is 0.164. The maximum atomic E-state index is 12.1. The number of hydrogen-bond acceptors (Lipinski definition) is 6. The minimum Gasteiger partial charge on any atom is -0.455 e. The van der Waals surface area contributed by atoms with Crippen molar-refractivity contribution in [1.82, 2.24) is 5.32 Å². The summed E-state index contributed by atoms with van der Waals surface area (Å²) in [7, 11) is -3.93. The largest absolute Gasteiger partial charge is 0.455 e. The van der Waals surface area contributed by atoms with E-state index in [0.29, 0.717) is 10.6 Å².